The second-order valence-corrected chi connectivity index (χ2v) is 5.02. The molecule has 6 nitrogen and oxygen atoms in total. The minimum absolute atomic E-state index is 0. The number of carboxylic acid groups (broad SMARTS) is 1. The first-order valence-corrected chi connectivity index (χ1v) is 6.89. The minimum atomic E-state index is -1.72. The van der Waals surface area contributed by atoms with E-state index in [1.54, 1.807) is 31.2 Å². The van der Waals surface area contributed by atoms with Gasteiger partial charge in [0.05, 0.1) is 22.9 Å². The summed E-state index contributed by atoms with van der Waals surface area (Å²) in [5, 5.41) is 15.4. The van der Waals surface area contributed by atoms with Crippen LogP contribution in [0, 0.1) is 0 Å². The van der Waals surface area contributed by atoms with Gasteiger partial charge in [-0.3, -0.25) is 9.59 Å². The maximum atomic E-state index is 12.1. The molecule has 0 N–H and O–H groups in total. The Labute approximate surface area is 179 Å². The Hall–Kier alpha value is -0.834. The van der Waals surface area contributed by atoms with Gasteiger partial charge < -0.3 is 9.90 Å². The molecule has 0 aliphatic heterocycles. The fourth-order valence-electron chi connectivity index (χ4n) is 2.18. The Morgan fingerprint density at radius 3 is 2.26 bits per heavy atom. The summed E-state index contributed by atoms with van der Waals surface area (Å²) in [7, 11) is 0. The van der Waals surface area contributed by atoms with Gasteiger partial charge >= 0.3 is 51.4 Å². The predicted molar refractivity (Wildman–Crippen MR) is 78.6 cm³/mol. The van der Waals surface area contributed by atoms with Gasteiger partial charge in [-0.2, -0.15) is 5.10 Å². The Kier molecular flexibility index (Phi) is 7.31. The summed E-state index contributed by atoms with van der Waals surface area (Å²) in [6, 6.07) is 6.42. The Bertz CT molecular complexity index is 815. The van der Waals surface area contributed by atoms with Crippen LogP contribution in [0.1, 0.15) is 40.4 Å². The van der Waals surface area contributed by atoms with E-state index in [-0.39, 0.29) is 56.9 Å². The number of benzene rings is 1. The molecule has 0 fully saturated rings. The van der Waals surface area contributed by atoms with Crippen molar-refractivity contribution in [2.45, 2.75) is 20.3 Å². The van der Waals surface area contributed by atoms with E-state index in [1.807, 2.05) is 0 Å². The number of halogens is 1. The zero-order valence-corrected chi connectivity index (χ0v) is 16.8. The Balaban J connectivity index is 0.00000264. The van der Waals surface area contributed by atoms with Gasteiger partial charge in [0.1, 0.15) is 0 Å². The molecule has 1 aromatic heterocycles. The average Bonchev–Trinajstić information content (AvgIpc) is 2.46. The third-order valence-corrected chi connectivity index (χ3v) is 3.39. The van der Waals surface area contributed by atoms with Crippen LogP contribution < -0.4 is 61.9 Å². The third-order valence-electron chi connectivity index (χ3n) is 3.14. The molecule has 0 aliphatic rings. The topological polar surface area (TPSA) is 92.1 Å². The third kappa shape index (κ3) is 4.17. The van der Waals surface area contributed by atoms with Crippen molar-refractivity contribution in [3.05, 3.63) is 56.5 Å². The number of Topliss-reactive ketones (excluding diaryl/α,β-unsaturated/α-hetero) is 1. The van der Waals surface area contributed by atoms with Crippen LogP contribution in [0.25, 0.3) is 5.69 Å². The summed E-state index contributed by atoms with van der Waals surface area (Å²) in [4.78, 5) is 35.0. The molecular weight excluding hydrogens is 347 g/mol. The normalized spacial score (nSPS) is 10.0. The molecule has 2 aromatic rings. The monoisotopic (exact) mass is 358 g/mol. The first-order chi connectivity index (χ1) is 10.4. The summed E-state index contributed by atoms with van der Waals surface area (Å²) in [6.07, 6.45) is 0.326. The van der Waals surface area contributed by atoms with E-state index in [2.05, 4.69) is 5.10 Å². The number of nitrogens with zero attached hydrogens (tertiary/aromatic N) is 2. The average molecular weight is 359 g/mol. The van der Waals surface area contributed by atoms with Gasteiger partial charge in [-0.1, -0.05) is 18.5 Å². The van der Waals surface area contributed by atoms with Crippen molar-refractivity contribution in [2.24, 2.45) is 0 Å². The van der Waals surface area contributed by atoms with Gasteiger partial charge in [-0.15, -0.1) is 0 Å². The van der Waals surface area contributed by atoms with Gasteiger partial charge in [0.2, 0.25) is 5.43 Å². The molecule has 1 aromatic carbocycles. The smallest absolute Gasteiger partial charge is 0.543 e. The van der Waals surface area contributed by atoms with Crippen molar-refractivity contribution >= 4 is 23.4 Å². The molecule has 0 atom stereocenters. The molecule has 1 heterocycles. The van der Waals surface area contributed by atoms with E-state index >= 15 is 0 Å². The molecule has 8 heteroatoms. The molecule has 0 saturated heterocycles. The number of ketones is 1. The molecule has 0 unspecified atom stereocenters. The molecule has 0 bridgehead atoms. The number of hydrogen-bond acceptors (Lipinski definition) is 5. The molecule has 0 amide bonds. The summed E-state index contributed by atoms with van der Waals surface area (Å²) in [5.74, 6) is -2.24. The molecule has 114 valence electrons. The van der Waals surface area contributed by atoms with Crippen LogP contribution >= 0.6 is 11.6 Å². The van der Waals surface area contributed by atoms with Gasteiger partial charge in [0, 0.05) is 5.02 Å². The standard InChI is InChI=1S/C15H13ClN2O4.K/c1-3-11-12(8(2)19)14(20)13(15(21)22)17-18(11)10-6-4-9(16)5-7-10;/h4-7H,3H2,1-2H3,(H,21,22);/q;+1/p-1. The number of hydrogen-bond donors (Lipinski definition) is 0. The quantitative estimate of drug-likeness (QED) is 0.466. The molecule has 0 radical (unpaired) electrons. The van der Waals surface area contributed by atoms with E-state index in [4.69, 9.17) is 11.6 Å². The summed E-state index contributed by atoms with van der Waals surface area (Å²) < 4.78 is 1.26. The van der Waals surface area contributed by atoms with Crippen LogP contribution in [0.3, 0.4) is 0 Å². The van der Waals surface area contributed by atoms with Crippen molar-refractivity contribution in [1.82, 2.24) is 9.78 Å². The second-order valence-electron chi connectivity index (χ2n) is 4.58. The van der Waals surface area contributed by atoms with Crippen molar-refractivity contribution in [3.8, 4) is 5.69 Å². The Morgan fingerprint density at radius 2 is 1.83 bits per heavy atom. The fraction of sp³-hybridized carbons (Fsp3) is 0.200. The van der Waals surface area contributed by atoms with Gasteiger partial charge in [-0.25, -0.2) is 4.68 Å². The van der Waals surface area contributed by atoms with E-state index < -0.39 is 22.9 Å². The zero-order valence-electron chi connectivity index (χ0n) is 12.9. The maximum Gasteiger partial charge on any atom is 1.00 e. The predicted octanol–water partition coefficient (Wildman–Crippen LogP) is -1.98. The number of carbonyl (C=O) groups is 2. The SMILES string of the molecule is CCc1c(C(C)=O)c(=O)c(C(=O)[O-])nn1-c1ccc(Cl)cc1.[K+]. The zero-order chi connectivity index (χ0) is 16.4. The number of rotatable bonds is 4. The number of carboxylic acids is 1. The van der Waals surface area contributed by atoms with Crippen molar-refractivity contribution in [2.75, 3.05) is 0 Å². The van der Waals surface area contributed by atoms with E-state index in [0.717, 1.165) is 0 Å². The fourth-order valence-corrected chi connectivity index (χ4v) is 2.31. The summed E-state index contributed by atoms with van der Waals surface area (Å²) >= 11 is 5.82. The van der Waals surface area contributed by atoms with E-state index in [1.165, 1.54) is 11.6 Å². The van der Waals surface area contributed by atoms with Crippen LogP contribution in [0.2, 0.25) is 5.02 Å². The molecule has 23 heavy (non-hydrogen) atoms. The number of aromatic carboxylic acids is 1. The number of aromatic nitrogens is 2. The van der Waals surface area contributed by atoms with Gasteiger partial charge in [-0.05, 0) is 37.6 Å². The minimum Gasteiger partial charge on any atom is -0.543 e. The largest absolute Gasteiger partial charge is 1.00 e. The van der Waals surface area contributed by atoms with E-state index in [9.17, 15) is 19.5 Å². The Morgan fingerprint density at radius 1 is 1.26 bits per heavy atom. The maximum absolute atomic E-state index is 12.1. The molecule has 0 saturated carbocycles. The molecular formula is C15H12ClKN2O4. The number of carbonyl (C=O) groups excluding carboxylic acids is 2. The van der Waals surface area contributed by atoms with Crippen LogP contribution in [0.4, 0.5) is 0 Å². The van der Waals surface area contributed by atoms with Gasteiger partial charge in [0.25, 0.3) is 0 Å². The first kappa shape index (κ1) is 20.2. The first-order valence-electron chi connectivity index (χ1n) is 6.51. The molecule has 0 spiro atoms. The van der Waals surface area contributed by atoms with Gasteiger partial charge in [0.15, 0.2) is 11.5 Å². The second kappa shape index (κ2) is 8.32. The van der Waals surface area contributed by atoms with Crippen LogP contribution in [0.15, 0.2) is 29.1 Å². The van der Waals surface area contributed by atoms with Crippen LogP contribution in [-0.4, -0.2) is 21.5 Å². The van der Waals surface area contributed by atoms with Crippen LogP contribution in [-0.2, 0) is 6.42 Å². The van der Waals surface area contributed by atoms with Crippen LogP contribution in [0.5, 0.6) is 0 Å². The van der Waals surface area contributed by atoms with Crippen molar-refractivity contribution in [1.29, 1.82) is 0 Å². The van der Waals surface area contributed by atoms with Crippen molar-refractivity contribution in [3.63, 3.8) is 0 Å². The molecule has 0 aliphatic carbocycles. The summed E-state index contributed by atoms with van der Waals surface area (Å²) in [6.45, 7) is 2.95. The molecule has 2 rings (SSSR count). The summed E-state index contributed by atoms with van der Waals surface area (Å²) in [5.41, 5.74) is -1.07. The van der Waals surface area contributed by atoms with E-state index in [0.29, 0.717) is 22.8 Å². The van der Waals surface area contributed by atoms with Crippen molar-refractivity contribution < 1.29 is 66.1 Å².